The Hall–Kier alpha value is -1.66. The van der Waals surface area contributed by atoms with E-state index in [4.69, 9.17) is 4.74 Å². The van der Waals surface area contributed by atoms with Crippen LogP contribution in [-0.4, -0.2) is 46.9 Å². The number of allylic oxidation sites excluding steroid dienone is 4. The number of amides is 1. The minimum absolute atomic E-state index is 0.0735. The first kappa shape index (κ1) is 66.3. The lowest BCUT2D eigenvalue weighted by atomic mass is 10.0. The zero-order chi connectivity index (χ0) is 49.5. The Labute approximate surface area is 424 Å². The maximum absolute atomic E-state index is 13.3. The standard InChI is InChI=1S/C62H119NO5/c1-4-7-10-13-16-19-22-25-28-31-33-36-39-42-45-48-51-54-60(65)59(57-64)63-61(66)56-58(53-50-47-44-41-38-35-32-29-26-23-20-17-14-11-8-5-2)68-62(67)55-52-49-46-43-40-37-34-30-27-24-21-18-15-12-9-6-3/h30,34,37,40,58-60,64-65H,4-29,31-33,35-36,38-39,41-57H2,1-3H3,(H,63,66)/b34-30+,40-37+. The Balaban J connectivity index is 4.53. The number of nitrogens with one attached hydrogen (secondary N) is 1. The largest absolute Gasteiger partial charge is 0.462 e. The lowest BCUT2D eigenvalue weighted by molar-refractivity contribution is -0.151. The van der Waals surface area contributed by atoms with Gasteiger partial charge in [0.05, 0.1) is 25.2 Å². The fourth-order valence-electron chi connectivity index (χ4n) is 9.66. The smallest absolute Gasteiger partial charge is 0.306 e. The Kier molecular flexibility index (Phi) is 54.9. The molecule has 0 saturated carbocycles. The predicted molar refractivity (Wildman–Crippen MR) is 296 cm³/mol. The van der Waals surface area contributed by atoms with Crippen molar-refractivity contribution in [2.24, 2.45) is 0 Å². The number of hydrogen-bond donors (Lipinski definition) is 3. The molecule has 0 rings (SSSR count). The summed E-state index contributed by atoms with van der Waals surface area (Å²) in [6.07, 6.45) is 66.8. The molecule has 402 valence electrons. The topological polar surface area (TPSA) is 95.9 Å². The lowest BCUT2D eigenvalue weighted by Crippen LogP contribution is -2.46. The van der Waals surface area contributed by atoms with Gasteiger partial charge in [0.1, 0.15) is 6.10 Å². The van der Waals surface area contributed by atoms with E-state index < -0.39 is 18.2 Å². The van der Waals surface area contributed by atoms with Gasteiger partial charge in [-0.05, 0) is 51.4 Å². The number of esters is 1. The summed E-state index contributed by atoms with van der Waals surface area (Å²) in [5.41, 5.74) is 0. The highest BCUT2D eigenvalue weighted by atomic mass is 16.5. The summed E-state index contributed by atoms with van der Waals surface area (Å²) in [5, 5.41) is 23.9. The molecule has 0 aromatic heterocycles. The molecule has 68 heavy (non-hydrogen) atoms. The number of carbonyl (C=O) groups excluding carboxylic acids is 2. The third kappa shape index (κ3) is 50.7. The van der Waals surface area contributed by atoms with Crippen molar-refractivity contribution < 1.29 is 24.5 Å². The molecule has 0 bridgehead atoms. The first-order valence-electron chi connectivity index (χ1n) is 30.6. The molecule has 6 nitrogen and oxygen atoms in total. The molecule has 0 aromatic carbocycles. The van der Waals surface area contributed by atoms with E-state index in [0.717, 1.165) is 57.8 Å². The van der Waals surface area contributed by atoms with Crippen LogP contribution in [0.4, 0.5) is 0 Å². The molecule has 0 aromatic rings. The van der Waals surface area contributed by atoms with Crippen molar-refractivity contribution in [2.75, 3.05) is 6.61 Å². The van der Waals surface area contributed by atoms with Gasteiger partial charge >= 0.3 is 5.97 Å². The van der Waals surface area contributed by atoms with Crippen LogP contribution in [0.5, 0.6) is 0 Å². The van der Waals surface area contributed by atoms with Crippen LogP contribution in [0, 0.1) is 0 Å². The second kappa shape index (κ2) is 56.3. The molecular formula is C62H119NO5. The summed E-state index contributed by atoms with van der Waals surface area (Å²) in [5.74, 6) is -0.483. The number of aliphatic hydroxyl groups excluding tert-OH is 2. The van der Waals surface area contributed by atoms with Gasteiger partial charge in [0.2, 0.25) is 5.91 Å². The molecule has 0 aliphatic carbocycles. The monoisotopic (exact) mass is 958 g/mol. The molecule has 0 radical (unpaired) electrons. The van der Waals surface area contributed by atoms with Gasteiger partial charge in [-0.1, -0.05) is 295 Å². The normalized spacial score (nSPS) is 13.2. The highest BCUT2D eigenvalue weighted by Crippen LogP contribution is 2.19. The van der Waals surface area contributed by atoms with Crippen molar-refractivity contribution in [3.05, 3.63) is 24.3 Å². The van der Waals surface area contributed by atoms with Crippen molar-refractivity contribution in [1.82, 2.24) is 5.32 Å². The number of unbranched alkanes of at least 4 members (excludes halogenated alkanes) is 41. The summed E-state index contributed by atoms with van der Waals surface area (Å²) >= 11 is 0. The number of rotatable bonds is 56. The second-order valence-electron chi connectivity index (χ2n) is 21.1. The molecule has 0 aliphatic rings. The number of ether oxygens (including phenoxy) is 1. The predicted octanol–water partition coefficient (Wildman–Crippen LogP) is 19.0. The number of hydrogen-bond acceptors (Lipinski definition) is 5. The van der Waals surface area contributed by atoms with Crippen LogP contribution in [0.1, 0.15) is 335 Å². The van der Waals surface area contributed by atoms with Crippen LogP contribution in [0.3, 0.4) is 0 Å². The van der Waals surface area contributed by atoms with Gasteiger partial charge in [-0.3, -0.25) is 9.59 Å². The van der Waals surface area contributed by atoms with Crippen LogP contribution in [-0.2, 0) is 14.3 Å². The molecule has 0 spiro atoms. The fraction of sp³-hybridized carbons (Fsp3) is 0.903. The highest BCUT2D eigenvalue weighted by Gasteiger charge is 2.24. The minimum Gasteiger partial charge on any atom is -0.462 e. The Morgan fingerprint density at radius 1 is 0.426 bits per heavy atom. The summed E-state index contributed by atoms with van der Waals surface area (Å²) in [7, 11) is 0. The summed E-state index contributed by atoms with van der Waals surface area (Å²) in [4.78, 5) is 26.3. The summed E-state index contributed by atoms with van der Waals surface area (Å²) < 4.78 is 5.96. The van der Waals surface area contributed by atoms with E-state index in [-0.39, 0.29) is 24.9 Å². The van der Waals surface area contributed by atoms with Gasteiger partial charge in [0, 0.05) is 6.42 Å². The van der Waals surface area contributed by atoms with Crippen LogP contribution >= 0.6 is 0 Å². The van der Waals surface area contributed by atoms with Gasteiger partial charge in [-0.2, -0.15) is 0 Å². The van der Waals surface area contributed by atoms with Crippen molar-refractivity contribution in [3.8, 4) is 0 Å². The molecule has 3 unspecified atom stereocenters. The third-order valence-electron chi connectivity index (χ3n) is 14.3. The van der Waals surface area contributed by atoms with Crippen molar-refractivity contribution in [1.29, 1.82) is 0 Å². The highest BCUT2D eigenvalue weighted by molar-refractivity contribution is 5.77. The first-order valence-corrected chi connectivity index (χ1v) is 30.6. The molecule has 3 atom stereocenters. The van der Waals surface area contributed by atoms with Gasteiger partial charge in [0.25, 0.3) is 0 Å². The Morgan fingerprint density at radius 3 is 1.09 bits per heavy atom. The van der Waals surface area contributed by atoms with Gasteiger partial charge in [-0.25, -0.2) is 0 Å². The molecule has 0 fully saturated rings. The Bertz CT molecular complexity index is 1080. The molecule has 0 saturated heterocycles. The SMILES string of the molecule is CCCCCCCCC/C=C/C=C/CCCCCC(=O)OC(CCCCCCCCCCCCCCCCCC)CC(=O)NC(CO)C(O)CCCCCCCCCCCCCCCCCCC. The van der Waals surface area contributed by atoms with E-state index in [9.17, 15) is 19.8 Å². The Morgan fingerprint density at radius 2 is 0.735 bits per heavy atom. The third-order valence-corrected chi connectivity index (χ3v) is 14.3. The number of aliphatic hydroxyl groups is 2. The maximum atomic E-state index is 13.3. The molecule has 0 aliphatic heterocycles. The van der Waals surface area contributed by atoms with E-state index in [1.54, 1.807) is 0 Å². The van der Waals surface area contributed by atoms with Crippen molar-refractivity contribution in [3.63, 3.8) is 0 Å². The van der Waals surface area contributed by atoms with Crippen LogP contribution in [0.15, 0.2) is 24.3 Å². The first-order chi connectivity index (χ1) is 33.5. The van der Waals surface area contributed by atoms with E-state index in [1.165, 1.54) is 231 Å². The molecular weight excluding hydrogens is 839 g/mol. The van der Waals surface area contributed by atoms with Gasteiger partial charge in [0.15, 0.2) is 0 Å². The van der Waals surface area contributed by atoms with E-state index in [2.05, 4.69) is 50.4 Å². The lowest BCUT2D eigenvalue weighted by Gasteiger charge is -2.24. The van der Waals surface area contributed by atoms with E-state index in [1.807, 2.05) is 0 Å². The fourth-order valence-corrected chi connectivity index (χ4v) is 9.66. The van der Waals surface area contributed by atoms with Crippen LogP contribution in [0.25, 0.3) is 0 Å². The molecule has 3 N–H and O–H groups in total. The quantitative estimate of drug-likeness (QED) is 0.0321. The van der Waals surface area contributed by atoms with Gasteiger partial charge < -0.3 is 20.3 Å². The average molecular weight is 959 g/mol. The molecule has 6 heteroatoms. The van der Waals surface area contributed by atoms with E-state index >= 15 is 0 Å². The minimum atomic E-state index is -0.789. The maximum Gasteiger partial charge on any atom is 0.306 e. The van der Waals surface area contributed by atoms with Crippen molar-refractivity contribution >= 4 is 11.9 Å². The van der Waals surface area contributed by atoms with E-state index in [0.29, 0.717) is 19.3 Å². The summed E-state index contributed by atoms with van der Waals surface area (Å²) in [6.45, 7) is 6.53. The zero-order valence-corrected chi connectivity index (χ0v) is 46.0. The molecule has 0 heterocycles. The van der Waals surface area contributed by atoms with Crippen LogP contribution in [0.2, 0.25) is 0 Å². The zero-order valence-electron chi connectivity index (χ0n) is 46.0. The van der Waals surface area contributed by atoms with Gasteiger partial charge in [-0.15, -0.1) is 0 Å². The second-order valence-corrected chi connectivity index (χ2v) is 21.1. The summed E-state index contributed by atoms with van der Waals surface area (Å²) in [6, 6.07) is -0.704. The number of carbonyl (C=O) groups is 2. The molecule has 1 amide bonds. The average Bonchev–Trinajstić information content (AvgIpc) is 3.33. The van der Waals surface area contributed by atoms with Crippen molar-refractivity contribution in [2.45, 2.75) is 354 Å². The van der Waals surface area contributed by atoms with Crippen LogP contribution < -0.4 is 5.32 Å².